The van der Waals surface area contributed by atoms with Crippen LogP contribution in [0.2, 0.25) is 0 Å². The third-order valence-corrected chi connectivity index (χ3v) is 4.25. The first kappa shape index (κ1) is 10.3. The molecule has 0 spiro atoms. The molecule has 2 saturated heterocycles. The van der Waals surface area contributed by atoms with Crippen molar-refractivity contribution in [3.8, 4) is 0 Å². The molecule has 0 aromatic carbocycles. The van der Waals surface area contributed by atoms with Crippen LogP contribution in [0.15, 0.2) is 0 Å². The summed E-state index contributed by atoms with van der Waals surface area (Å²) in [5.41, 5.74) is 0. The van der Waals surface area contributed by atoms with Crippen LogP contribution in [-0.4, -0.2) is 47.5 Å². The number of rotatable bonds is 1. The van der Waals surface area contributed by atoms with E-state index < -0.39 is 0 Å². The molecule has 2 fully saturated rings. The van der Waals surface area contributed by atoms with Crippen molar-refractivity contribution in [2.24, 2.45) is 0 Å². The molecular formula is C10H18N2OS. The number of hydrogen-bond acceptors (Lipinski definition) is 3. The molecule has 0 bridgehead atoms. The highest BCUT2D eigenvalue weighted by Crippen LogP contribution is 2.27. The van der Waals surface area contributed by atoms with Gasteiger partial charge in [0.2, 0.25) is 5.91 Å². The van der Waals surface area contributed by atoms with Gasteiger partial charge in [-0.25, -0.2) is 0 Å². The number of nitrogens with zero attached hydrogens (tertiary/aromatic N) is 1. The molecule has 2 heterocycles. The number of piperazine rings is 1. The van der Waals surface area contributed by atoms with Gasteiger partial charge in [0.25, 0.3) is 0 Å². The van der Waals surface area contributed by atoms with Crippen molar-refractivity contribution in [2.75, 3.05) is 25.4 Å². The molecule has 80 valence electrons. The van der Waals surface area contributed by atoms with Gasteiger partial charge in [-0.3, -0.25) is 4.79 Å². The van der Waals surface area contributed by atoms with Gasteiger partial charge in [-0.2, -0.15) is 0 Å². The van der Waals surface area contributed by atoms with Crippen molar-refractivity contribution in [2.45, 2.75) is 31.1 Å². The monoisotopic (exact) mass is 214 g/mol. The lowest BCUT2D eigenvalue weighted by molar-refractivity contribution is -0.131. The molecule has 0 aromatic heterocycles. The molecule has 1 N–H and O–H groups in total. The number of carbonyl (C=O) groups is 1. The molecule has 2 atom stereocenters. The molecular weight excluding hydrogens is 196 g/mol. The smallest absolute Gasteiger partial charge is 0.235 e. The van der Waals surface area contributed by atoms with Crippen LogP contribution >= 0.6 is 11.8 Å². The second-order valence-electron chi connectivity index (χ2n) is 4.14. The summed E-state index contributed by atoms with van der Waals surface area (Å²) in [6, 6.07) is 0.458. The SMILES string of the molecule is CC1CN(C(=O)C2CCCS2)CCN1. The van der Waals surface area contributed by atoms with Crippen molar-refractivity contribution < 1.29 is 4.79 Å². The van der Waals surface area contributed by atoms with E-state index in [2.05, 4.69) is 12.2 Å². The first-order chi connectivity index (χ1) is 6.77. The van der Waals surface area contributed by atoms with E-state index in [1.165, 1.54) is 6.42 Å². The normalized spacial score (nSPS) is 33.4. The summed E-state index contributed by atoms with van der Waals surface area (Å²) in [4.78, 5) is 14.1. The van der Waals surface area contributed by atoms with E-state index in [4.69, 9.17) is 0 Å². The Morgan fingerprint density at radius 2 is 2.43 bits per heavy atom. The van der Waals surface area contributed by atoms with Crippen molar-refractivity contribution >= 4 is 17.7 Å². The second-order valence-corrected chi connectivity index (χ2v) is 5.45. The van der Waals surface area contributed by atoms with Crippen molar-refractivity contribution in [3.63, 3.8) is 0 Å². The fourth-order valence-corrected chi connectivity index (χ4v) is 3.35. The Kier molecular flexibility index (Phi) is 3.34. The maximum absolute atomic E-state index is 12.0. The highest BCUT2D eigenvalue weighted by molar-refractivity contribution is 8.00. The van der Waals surface area contributed by atoms with E-state index in [9.17, 15) is 4.79 Å². The first-order valence-corrected chi connectivity index (χ1v) is 6.46. The van der Waals surface area contributed by atoms with Crippen LogP contribution in [0.1, 0.15) is 19.8 Å². The second kappa shape index (κ2) is 4.53. The average Bonchev–Trinajstić information content (AvgIpc) is 2.69. The Labute approximate surface area is 89.6 Å². The molecule has 2 unspecified atom stereocenters. The minimum atomic E-state index is 0.264. The summed E-state index contributed by atoms with van der Waals surface area (Å²) in [5, 5.41) is 3.62. The summed E-state index contributed by atoms with van der Waals surface area (Å²) >= 11 is 1.83. The van der Waals surface area contributed by atoms with Crippen LogP contribution in [-0.2, 0) is 4.79 Å². The summed E-state index contributed by atoms with van der Waals surface area (Å²) in [5.74, 6) is 1.54. The minimum Gasteiger partial charge on any atom is -0.339 e. The predicted octanol–water partition coefficient (Wildman–Crippen LogP) is 0.702. The third-order valence-electron chi connectivity index (χ3n) is 2.89. The van der Waals surface area contributed by atoms with Gasteiger partial charge in [-0.05, 0) is 25.5 Å². The number of amides is 1. The van der Waals surface area contributed by atoms with Gasteiger partial charge < -0.3 is 10.2 Å². The summed E-state index contributed by atoms with van der Waals surface area (Å²) in [6.07, 6.45) is 2.30. The van der Waals surface area contributed by atoms with Crippen molar-refractivity contribution in [1.82, 2.24) is 10.2 Å². The fraction of sp³-hybridized carbons (Fsp3) is 0.900. The number of thioether (sulfide) groups is 1. The third kappa shape index (κ3) is 2.23. The first-order valence-electron chi connectivity index (χ1n) is 5.41. The van der Waals surface area contributed by atoms with Crippen molar-refractivity contribution in [1.29, 1.82) is 0 Å². The molecule has 1 amide bonds. The van der Waals surface area contributed by atoms with Gasteiger partial charge in [-0.1, -0.05) is 0 Å². The topological polar surface area (TPSA) is 32.3 Å². The van der Waals surface area contributed by atoms with Gasteiger partial charge in [-0.15, -0.1) is 11.8 Å². The maximum atomic E-state index is 12.0. The van der Waals surface area contributed by atoms with Crippen LogP contribution in [0, 0.1) is 0 Å². The maximum Gasteiger partial charge on any atom is 0.235 e. The lowest BCUT2D eigenvalue weighted by Crippen LogP contribution is -2.53. The number of carbonyl (C=O) groups excluding carboxylic acids is 1. The van der Waals surface area contributed by atoms with Gasteiger partial charge in [0.1, 0.15) is 0 Å². The summed E-state index contributed by atoms with van der Waals surface area (Å²) in [6.45, 7) is 4.86. The van der Waals surface area contributed by atoms with Gasteiger partial charge in [0.05, 0.1) is 5.25 Å². The molecule has 14 heavy (non-hydrogen) atoms. The quantitative estimate of drug-likeness (QED) is 0.697. The van der Waals surface area contributed by atoms with Crippen LogP contribution in [0.5, 0.6) is 0 Å². The minimum absolute atomic E-state index is 0.264. The lowest BCUT2D eigenvalue weighted by Gasteiger charge is -2.33. The molecule has 0 aliphatic carbocycles. The van der Waals surface area contributed by atoms with E-state index >= 15 is 0 Å². The van der Waals surface area contributed by atoms with E-state index in [0.717, 1.165) is 31.8 Å². The van der Waals surface area contributed by atoms with Crippen LogP contribution in [0.3, 0.4) is 0 Å². The highest BCUT2D eigenvalue weighted by atomic mass is 32.2. The zero-order chi connectivity index (χ0) is 9.97. The molecule has 0 radical (unpaired) electrons. The number of nitrogens with one attached hydrogen (secondary N) is 1. The summed E-state index contributed by atoms with van der Waals surface area (Å²) in [7, 11) is 0. The molecule has 0 aromatic rings. The molecule has 2 aliphatic heterocycles. The number of hydrogen-bond donors (Lipinski definition) is 1. The molecule has 2 rings (SSSR count). The standard InChI is InChI=1S/C10H18N2OS/c1-8-7-12(5-4-11-8)10(13)9-3-2-6-14-9/h8-9,11H,2-7H2,1H3. The van der Waals surface area contributed by atoms with Gasteiger partial charge in [0, 0.05) is 25.7 Å². The fourth-order valence-electron chi connectivity index (χ4n) is 2.11. The Balaban J connectivity index is 1.89. The van der Waals surface area contributed by atoms with Crippen LogP contribution in [0.25, 0.3) is 0 Å². The van der Waals surface area contributed by atoms with Crippen LogP contribution < -0.4 is 5.32 Å². The van der Waals surface area contributed by atoms with E-state index in [1.807, 2.05) is 16.7 Å². The largest absolute Gasteiger partial charge is 0.339 e. The Morgan fingerprint density at radius 1 is 1.57 bits per heavy atom. The van der Waals surface area contributed by atoms with E-state index in [1.54, 1.807) is 0 Å². The van der Waals surface area contributed by atoms with Crippen molar-refractivity contribution in [3.05, 3.63) is 0 Å². The van der Waals surface area contributed by atoms with E-state index in [-0.39, 0.29) is 5.25 Å². The molecule has 4 heteroatoms. The Hall–Kier alpha value is -0.220. The zero-order valence-electron chi connectivity index (χ0n) is 8.66. The Bertz CT molecular complexity index is 216. The Morgan fingerprint density at radius 3 is 3.07 bits per heavy atom. The average molecular weight is 214 g/mol. The summed E-state index contributed by atoms with van der Waals surface area (Å²) < 4.78 is 0. The van der Waals surface area contributed by atoms with Gasteiger partial charge in [0.15, 0.2) is 0 Å². The zero-order valence-corrected chi connectivity index (χ0v) is 9.48. The predicted molar refractivity (Wildman–Crippen MR) is 59.5 cm³/mol. The molecule has 2 aliphatic rings. The lowest BCUT2D eigenvalue weighted by atomic mass is 10.2. The van der Waals surface area contributed by atoms with Crippen LogP contribution in [0.4, 0.5) is 0 Å². The molecule has 3 nitrogen and oxygen atoms in total. The van der Waals surface area contributed by atoms with Gasteiger partial charge >= 0.3 is 0 Å². The van der Waals surface area contributed by atoms with E-state index in [0.29, 0.717) is 11.9 Å². The highest BCUT2D eigenvalue weighted by Gasteiger charge is 2.29. The molecule has 0 saturated carbocycles.